The largest absolute Gasteiger partial charge is 0.315 e. The molecule has 1 aliphatic carbocycles. The van der Waals surface area contributed by atoms with Crippen molar-refractivity contribution in [2.75, 3.05) is 18.9 Å². The van der Waals surface area contributed by atoms with E-state index in [-0.39, 0.29) is 4.90 Å². The van der Waals surface area contributed by atoms with E-state index in [2.05, 4.69) is 18.3 Å². The van der Waals surface area contributed by atoms with Gasteiger partial charge in [0.15, 0.2) is 0 Å². The molecule has 1 heterocycles. The fourth-order valence-electron chi connectivity index (χ4n) is 3.20. The van der Waals surface area contributed by atoms with Crippen LogP contribution in [0.1, 0.15) is 29.3 Å². The van der Waals surface area contributed by atoms with Crippen LogP contribution in [0, 0.1) is 23.1 Å². The molecule has 1 aromatic carbocycles. The first-order valence-electron chi connectivity index (χ1n) is 8.78. The van der Waals surface area contributed by atoms with Crippen LogP contribution in [0.2, 0.25) is 0 Å². The number of nitrogens with zero attached hydrogens (tertiary/aromatic N) is 2. The van der Waals surface area contributed by atoms with Crippen LogP contribution in [-0.2, 0) is 27.7 Å². The van der Waals surface area contributed by atoms with Crippen molar-refractivity contribution < 1.29 is 17.6 Å². The number of carbonyl (C=O) groups excluding carboxylic acids is 1. The van der Waals surface area contributed by atoms with Gasteiger partial charge in [0.05, 0.1) is 17.0 Å². The molecule has 3 rings (SSSR count). The number of carbonyl (C=O) groups is 1. The van der Waals surface area contributed by atoms with Gasteiger partial charge in [0.2, 0.25) is 15.9 Å². The second-order valence-electron chi connectivity index (χ2n) is 6.93. The van der Waals surface area contributed by atoms with Gasteiger partial charge in [-0.3, -0.25) is 4.79 Å². The Kier molecular flexibility index (Phi) is 5.84. The molecule has 1 N–H and O–H groups in total. The standard InChI is InChI=1S/C19H20FN3O3S2/c1-12-3-8-15-16(10-21)19(27-17(15)9-12)22-18(24)11-23(2)28(25,26)14-6-4-13(20)5-7-14/h4-7,12H,3,8-9,11H2,1-2H3,(H,22,24)/t12-/m0/s1. The highest BCUT2D eigenvalue weighted by Crippen LogP contribution is 2.39. The summed E-state index contributed by atoms with van der Waals surface area (Å²) in [5.74, 6) is -0.538. The van der Waals surface area contributed by atoms with Crippen LogP contribution in [0.4, 0.5) is 9.39 Å². The van der Waals surface area contributed by atoms with E-state index in [9.17, 15) is 22.9 Å². The van der Waals surface area contributed by atoms with E-state index in [0.29, 0.717) is 16.5 Å². The number of nitrogens with one attached hydrogen (secondary N) is 1. The van der Waals surface area contributed by atoms with Crippen LogP contribution in [0.25, 0.3) is 0 Å². The Morgan fingerprint density at radius 2 is 2.07 bits per heavy atom. The van der Waals surface area contributed by atoms with Crippen LogP contribution in [0.15, 0.2) is 29.2 Å². The molecule has 1 amide bonds. The van der Waals surface area contributed by atoms with E-state index in [1.165, 1.54) is 18.4 Å². The third kappa shape index (κ3) is 4.09. The number of likely N-dealkylation sites (N-methyl/N-ethyl adjacent to an activating group) is 1. The molecular weight excluding hydrogens is 401 g/mol. The molecule has 6 nitrogen and oxygen atoms in total. The number of hydrogen-bond donors (Lipinski definition) is 1. The number of sulfonamides is 1. The molecule has 0 bridgehead atoms. The first-order valence-corrected chi connectivity index (χ1v) is 11.0. The molecular formula is C19H20FN3O3S2. The Morgan fingerprint density at radius 3 is 2.71 bits per heavy atom. The van der Waals surface area contributed by atoms with Gasteiger partial charge in [-0.15, -0.1) is 11.3 Å². The van der Waals surface area contributed by atoms with Crippen molar-refractivity contribution in [2.45, 2.75) is 31.1 Å². The monoisotopic (exact) mass is 421 g/mol. The second kappa shape index (κ2) is 7.99. The molecule has 0 aliphatic heterocycles. The van der Waals surface area contributed by atoms with E-state index in [4.69, 9.17) is 0 Å². The zero-order chi connectivity index (χ0) is 20.5. The number of benzene rings is 1. The maximum absolute atomic E-state index is 13.0. The second-order valence-corrected chi connectivity index (χ2v) is 10.1. The van der Waals surface area contributed by atoms with Crippen LogP contribution >= 0.6 is 11.3 Å². The number of halogens is 1. The summed E-state index contributed by atoms with van der Waals surface area (Å²) in [5, 5.41) is 12.7. The Hall–Kier alpha value is -2.28. The van der Waals surface area contributed by atoms with Crippen molar-refractivity contribution in [2.24, 2.45) is 5.92 Å². The maximum Gasteiger partial charge on any atom is 0.243 e. The summed E-state index contributed by atoms with van der Waals surface area (Å²) in [6.07, 6.45) is 2.69. The van der Waals surface area contributed by atoms with Crippen LogP contribution in [0.5, 0.6) is 0 Å². The van der Waals surface area contributed by atoms with E-state index < -0.39 is 28.3 Å². The number of fused-ring (bicyclic) bond motifs is 1. The number of rotatable bonds is 5. The number of amides is 1. The molecule has 2 aromatic rings. The van der Waals surface area contributed by atoms with E-state index in [0.717, 1.165) is 58.3 Å². The van der Waals surface area contributed by atoms with Gasteiger partial charge < -0.3 is 5.32 Å². The number of anilines is 1. The lowest BCUT2D eigenvalue weighted by Crippen LogP contribution is -2.34. The van der Waals surface area contributed by atoms with E-state index in [1.54, 1.807) is 0 Å². The molecule has 0 saturated carbocycles. The average molecular weight is 422 g/mol. The van der Waals surface area contributed by atoms with Gasteiger partial charge in [-0.1, -0.05) is 6.92 Å². The molecule has 28 heavy (non-hydrogen) atoms. The number of thiophene rings is 1. The van der Waals surface area contributed by atoms with Gasteiger partial charge in [-0.05, 0) is 55.0 Å². The van der Waals surface area contributed by atoms with Crippen molar-refractivity contribution >= 4 is 32.3 Å². The summed E-state index contributed by atoms with van der Waals surface area (Å²) >= 11 is 1.39. The maximum atomic E-state index is 13.0. The van der Waals surface area contributed by atoms with Gasteiger partial charge >= 0.3 is 0 Å². The fourth-order valence-corrected chi connectivity index (χ4v) is 5.70. The molecule has 0 spiro atoms. The van der Waals surface area contributed by atoms with Gasteiger partial charge in [0.25, 0.3) is 0 Å². The first kappa shape index (κ1) is 20.5. The predicted octanol–water partition coefficient (Wildman–Crippen LogP) is 3.14. The Labute approximate surface area is 167 Å². The summed E-state index contributed by atoms with van der Waals surface area (Å²) in [6, 6.07) is 6.58. The lowest BCUT2D eigenvalue weighted by Gasteiger charge is -2.17. The van der Waals surface area contributed by atoms with Gasteiger partial charge in [-0.25, -0.2) is 12.8 Å². The molecule has 1 aliphatic rings. The number of hydrogen-bond acceptors (Lipinski definition) is 5. The minimum atomic E-state index is -3.92. The SMILES string of the molecule is C[C@H]1CCc2c(sc(NC(=O)CN(C)S(=O)(=O)c3ccc(F)cc3)c2C#N)C1. The Bertz CT molecular complexity index is 1040. The van der Waals surface area contributed by atoms with Crippen LogP contribution in [-0.4, -0.2) is 32.2 Å². The molecule has 0 radical (unpaired) electrons. The topological polar surface area (TPSA) is 90.3 Å². The van der Waals surface area contributed by atoms with Crippen molar-refractivity contribution in [3.63, 3.8) is 0 Å². The minimum Gasteiger partial charge on any atom is -0.315 e. The van der Waals surface area contributed by atoms with Gasteiger partial charge in [0, 0.05) is 11.9 Å². The van der Waals surface area contributed by atoms with Crippen molar-refractivity contribution in [3.05, 3.63) is 46.1 Å². The molecule has 0 unspecified atom stereocenters. The van der Waals surface area contributed by atoms with Crippen molar-refractivity contribution in [3.8, 4) is 6.07 Å². The normalized spacial score (nSPS) is 16.5. The highest BCUT2D eigenvalue weighted by atomic mass is 32.2. The molecule has 0 fully saturated rings. The zero-order valence-electron chi connectivity index (χ0n) is 15.5. The minimum absolute atomic E-state index is 0.0949. The lowest BCUT2D eigenvalue weighted by atomic mass is 9.89. The molecule has 1 atom stereocenters. The molecule has 9 heteroatoms. The third-order valence-corrected chi connectivity index (χ3v) is 7.75. The summed E-state index contributed by atoms with van der Waals surface area (Å²) in [6.45, 7) is 1.74. The summed E-state index contributed by atoms with van der Waals surface area (Å²) in [7, 11) is -2.64. The summed E-state index contributed by atoms with van der Waals surface area (Å²) in [5.41, 5.74) is 1.47. The Morgan fingerprint density at radius 1 is 1.39 bits per heavy atom. The predicted molar refractivity (Wildman–Crippen MR) is 105 cm³/mol. The van der Waals surface area contributed by atoms with Gasteiger partial charge in [0.1, 0.15) is 16.9 Å². The lowest BCUT2D eigenvalue weighted by molar-refractivity contribution is -0.116. The third-order valence-electron chi connectivity index (χ3n) is 4.76. The zero-order valence-corrected chi connectivity index (χ0v) is 17.2. The van der Waals surface area contributed by atoms with Gasteiger partial charge in [-0.2, -0.15) is 9.57 Å². The molecule has 148 valence electrons. The quantitative estimate of drug-likeness (QED) is 0.803. The van der Waals surface area contributed by atoms with Crippen molar-refractivity contribution in [1.82, 2.24) is 4.31 Å². The highest BCUT2D eigenvalue weighted by Gasteiger charge is 2.26. The smallest absolute Gasteiger partial charge is 0.243 e. The summed E-state index contributed by atoms with van der Waals surface area (Å²) in [4.78, 5) is 13.4. The van der Waals surface area contributed by atoms with Crippen LogP contribution in [0.3, 0.4) is 0 Å². The molecule has 0 saturated heterocycles. The average Bonchev–Trinajstić information content (AvgIpc) is 2.97. The highest BCUT2D eigenvalue weighted by molar-refractivity contribution is 7.89. The van der Waals surface area contributed by atoms with Crippen molar-refractivity contribution in [1.29, 1.82) is 5.26 Å². The fraction of sp³-hybridized carbons (Fsp3) is 0.368. The summed E-state index contributed by atoms with van der Waals surface area (Å²) < 4.78 is 39.0. The van der Waals surface area contributed by atoms with E-state index >= 15 is 0 Å². The Balaban J connectivity index is 1.74. The van der Waals surface area contributed by atoms with Crippen LogP contribution < -0.4 is 5.32 Å². The number of nitriles is 1. The molecule has 1 aromatic heterocycles. The first-order chi connectivity index (χ1) is 13.2. The van der Waals surface area contributed by atoms with E-state index in [1.807, 2.05) is 0 Å².